The van der Waals surface area contributed by atoms with Gasteiger partial charge >= 0.3 is 5.97 Å². The summed E-state index contributed by atoms with van der Waals surface area (Å²) >= 11 is 0. The number of carbonyl (C=O) groups excluding carboxylic acids is 1. The maximum absolute atomic E-state index is 12.7. The van der Waals surface area contributed by atoms with Gasteiger partial charge in [0.05, 0.1) is 31.2 Å². The van der Waals surface area contributed by atoms with E-state index in [4.69, 9.17) is 4.74 Å². The van der Waals surface area contributed by atoms with E-state index in [-0.39, 0.29) is 12.1 Å². The molecule has 0 aliphatic carbocycles. The number of aromatic nitrogens is 1. The molecule has 0 spiro atoms. The molecule has 2 aromatic rings. The summed E-state index contributed by atoms with van der Waals surface area (Å²) in [5, 5.41) is 0.952. The topological polar surface area (TPSA) is 42.1 Å². The summed E-state index contributed by atoms with van der Waals surface area (Å²) in [4.78, 5) is 15.8. The molecule has 2 bridgehead atoms. The average Bonchev–Trinajstić information content (AvgIpc) is 3.03. The van der Waals surface area contributed by atoms with Crippen molar-refractivity contribution in [2.45, 2.75) is 57.2 Å². The zero-order valence-electron chi connectivity index (χ0n) is 14.6. The summed E-state index contributed by atoms with van der Waals surface area (Å²) in [7, 11) is 2.41. The molecular weight excluding hydrogens is 300 g/mol. The van der Waals surface area contributed by atoms with Crippen LogP contribution in [0.4, 0.5) is 0 Å². The number of piperidine rings is 1. The first-order valence-electron chi connectivity index (χ1n) is 9.24. The minimum Gasteiger partial charge on any atom is -0.458 e. The Balaban J connectivity index is 1.48. The fourth-order valence-corrected chi connectivity index (χ4v) is 5.09. The van der Waals surface area contributed by atoms with Gasteiger partial charge in [0.15, 0.2) is 0 Å². The average molecular weight is 327 g/mol. The molecule has 1 aromatic heterocycles. The molecule has 24 heavy (non-hydrogen) atoms. The van der Waals surface area contributed by atoms with Crippen LogP contribution in [0.2, 0.25) is 0 Å². The van der Waals surface area contributed by atoms with Crippen LogP contribution in [0.1, 0.15) is 49.4 Å². The van der Waals surface area contributed by atoms with Crippen LogP contribution in [0, 0.1) is 0 Å². The third-order valence-corrected chi connectivity index (χ3v) is 6.36. The smallest absolute Gasteiger partial charge is 0.340 e. The quantitative estimate of drug-likeness (QED) is 0.684. The number of para-hydroxylation sites is 1. The molecule has 2 aliphatic rings. The number of carbonyl (C=O) groups is 1. The number of hydrogen-bond acceptors (Lipinski definition) is 2. The molecule has 2 fully saturated rings. The van der Waals surface area contributed by atoms with Crippen LogP contribution < -0.4 is 0 Å². The van der Waals surface area contributed by atoms with Crippen LogP contribution in [-0.4, -0.2) is 47.2 Å². The fraction of sp³-hybridized carbons (Fsp3) is 0.550. The zero-order chi connectivity index (χ0) is 16.7. The highest BCUT2D eigenvalue weighted by Gasteiger charge is 2.51. The fourth-order valence-electron chi connectivity index (χ4n) is 5.09. The van der Waals surface area contributed by atoms with Crippen molar-refractivity contribution in [2.75, 3.05) is 13.6 Å². The molecule has 3 heterocycles. The predicted octanol–water partition coefficient (Wildman–Crippen LogP) is 3.87. The number of quaternary nitrogens is 1. The van der Waals surface area contributed by atoms with Gasteiger partial charge in [-0.1, -0.05) is 25.1 Å². The Morgan fingerprint density at radius 3 is 2.67 bits per heavy atom. The zero-order valence-corrected chi connectivity index (χ0v) is 14.6. The van der Waals surface area contributed by atoms with Gasteiger partial charge in [-0.2, -0.15) is 0 Å². The number of hydrogen-bond donors (Lipinski definition) is 1. The number of nitrogens with zero attached hydrogens (tertiary/aromatic N) is 1. The van der Waals surface area contributed by atoms with E-state index in [1.165, 1.54) is 30.3 Å². The van der Waals surface area contributed by atoms with Crippen LogP contribution in [0.5, 0.6) is 0 Å². The van der Waals surface area contributed by atoms with Crippen molar-refractivity contribution >= 4 is 16.9 Å². The Morgan fingerprint density at radius 2 is 1.96 bits per heavy atom. The lowest BCUT2D eigenvalue weighted by Crippen LogP contribution is -2.59. The third-order valence-electron chi connectivity index (χ3n) is 6.36. The molecular formula is C20H27N2O2+. The molecule has 4 heteroatoms. The van der Waals surface area contributed by atoms with Crippen molar-refractivity contribution in [1.29, 1.82) is 0 Å². The molecule has 2 atom stereocenters. The number of aromatic amines is 1. The molecule has 2 aliphatic heterocycles. The second-order valence-corrected chi connectivity index (χ2v) is 7.70. The molecule has 1 aromatic carbocycles. The van der Waals surface area contributed by atoms with Crippen molar-refractivity contribution in [1.82, 2.24) is 4.98 Å². The van der Waals surface area contributed by atoms with Crippen LogP contribution in [-0.2, 0) is 4.74 Å². The standard InChI is InChI=1S/C20H26N2O2/c1-3-10-22(2)14-8-9-15(22)12-16(11-14)24-20(23)18-13-21-19-7-5-4-6-17(18)19/h4-7,13-16H,3,8-12H2,1-2H3/p+1. The summed E-state index contributed by atoms with van der Waals surface area (Å²) in [6, 6.07) is 9.21. The van der Waals surface area contributed by atoms with E-state index >= 15 is 0 Å². The highest BCUT2D eigenvalue weighted by atomic mass is 16.5. The maximum Gasteiger partial charge on any atom is 0.340 e. The molecule has 0 amide bonds. The Morgan fingerprint density at radius 1 is 1.25 bits per heavy atom. The van der Waals surface area contributed by atoms with Crippen LogP contribution >= 0.6 is 0 Å². The monoisotopic (exact) mass is 327 g/mol. The molecule has 0 radical (unpaired) electrons. The van der Waals surface area contributed by atoms with Crippen LogP contribution in [0.25, 0.3) is 10.9 Å². The van der Waals surface area contributed by atoms with Crippen molar-refractivity contribution in [3.05, 3.63) is 36.0 Å². The summed E-state index contributed by atoms with van der Waals surface area (Å²) in [6.07, 6.45) is 7.67. The number of fused-ring (bicyclic) bond motifs is 3. The van der Waals surface area contributed by atoms with E-state index in [1.807, 2.05) is 24.3 Å². The molecule has 128 valence electrons. The molecule has 2 unspecified atom stereocenters. The first-order chi connectivity index (χ1) is 11.6. The van der Waals surface area contributed by atoms with Gasteiger partial charge in [0.2, 0.25) is 0 Å². The van der Waals surface area contributed by atoms with Gasteiger partial charge in [0.25, 0.3) is 0 Å². The number of rotatable bonds is 4. The van der Waals surface area contributed by atoms with E-state index in [0.29, 0.717) is 17.6 Å². The molecule has 0 saturated carbocycles. The Bertz CT molecular complexity index is 737. The van der Waals surface area contributed by atoms with Crippen molar-refractivity contribution in [3.8, 4) is 0 Å². The normalized spacial score (nSPS) is 32.2. The maximum atomic E-state index is 12.7. The highest BCUT2D eigenvalue weighted by Crippen LogP contribution is 2.42. The first kappa shape index (κ1) is 15.7. The lowest BCUT2D eigenvalue weighted by molar-refractivity contribution is -0.949. The van der Waals surface area contributed by atoms with Crippen molar-refractivity contribution in [3.63, 3.8) is 0 Å². The van der Waals surface area contributed by atoms with Crippen LogP contribution in [0.15, 0.2) is 30.5 Å². The minimum atomic E-state index is -0.177. The second kappa shape index (κ2) is 5.92. The van der Waals surface area contributed by atoms with E-state index < -0.39 is 0 Å². The third kappa shape index (κ3) is 2.44. The molecule has 4 rings (SSSR count). The summed E-state index contributed by atoms with van der Waals surface area (Å²) < 4.78 is 7.12. The number of H-pyrrole nitrogens is 1. The molecule has 4 nitrogen and oxygen atoms in total. The van der Waals surface area contributed by atoms with Gasteiger partial charge in [0, 0.05) is 42.8 Å². The summed E-state index contributed by atoms with van der Waals surface area (Å²) in [5.74, 6) is -0.177. The van der Waals surface area contributed by atoms with Gasteiger partial charge < -0.3 is 14.2 Å². The van der Waals surface area contributed by atoms with Gasteiger partial charge in [-0.15, -0.1) is 0 Å². The Labute approximate surface area is 143 Å². The van der Waals surface area contributed by atoms with E-state index in [2.05, 4.69) is 19.0 Å². The summed E-state index contributed by atoms with van der Waals surface area (Å²) in [5.41, 5.74) is 1.65. The molecule has 2 saturated heterocycles. The largest absolute Gasteiger partial charge is 0.458 e. The van der Waals surface area contributed by atoms with Gasteiger partial charge in [-0.25, -0.2) is 4.79 Å². The lowest BCUT2D eigenvalue weighted by atomic mass is 9.96. The Hall–Kier alpha value is -1.81. The predicted molar refractivity (Wildman–Crippen MR) is 94.9 cm³/mol. The Kier molecular flexibility index (Phi) is 3.87. The number of benzene rings is 1. The van der Waals surface area contributed by atoms with Gasteiger partial charge in [0.1, 0.15) is 6.10 Å². The number of nitrogens with one attached hydrogen (secondary N) is 1. The highest BCUT2D eigenvalue weighted by molar-refractivity contribution is 6.04. The molecule has 1 N–H and O–H groups in total. The van der Waals surface area contributed by atoms with Gasteiger partial charge in [-0.05, 0) is 12.5 Å². The van der Waals surface area contributed by atoms with E-state index in [1.54, 1.807) is 6.20 Å². The number of esters is 1. The van der Waals surface area contributed by atoms with E-state index in [0.717, 1.165) is 23.7 Å². The van der Waals surface area contributed by atoms with Crippen LogP contribution in [0.3, 0.4) is 0 Å². The summed E-state index contributed by atoms with van der Waals surface area (Å²) in [6.45, 7) is 3.52. The lowest BCUT2D eigenvalue weighted by Gasteiger charge is -2.46. The second-order valence-electron chi connectivity index (χ2n) is 7.70. The SMILES string of the molecule is CCC[N+]1(C)C2CCC1CC(OC(=O)c1c[nH]c3ccccc13)C2. The van der Waals surface area contributed by atoms with Crippen molar-refractivity contribution < 1.29 is 14.0 Å². The first-order valence-corrected chi connectivity index (χ1v) is 9.24. The van der Waals surface area contributed by atoms with Crippen molar-refractivity contribution in [2.24, 2.45) is 0 Å². The van der Waals surface area contributed by atoms with Gasteiger partial charge in [-0.3, -0.25) is 0 Å². The number of ether oxygens (including phenoxy) is 1. The minimum absolute atomic E-state index is 0.0757. The van der Waals surface area contributed by atoms with E-state index in [9.17, 15) is 4.79 Å².